The van der Waals surface area contributed by atoms with Crippen LogP contribution in [0.4, 0.5) is 0 Å². The van der Waals surface area contributed by atoms with Gasteiger partial charge in [0.15, 0.2) is 0 Å². The van der Waals surface area contributed by atoms with Gasteiger partial charge in [-0.3, -0.25) is 4.90 Å². The average molecular weight is 319 g/mol. The van der Waals surface area contributed by atoms with Gasteiger partial charge in [0.1, 0.15) is 0 Å². The molecule has 0 amide bonds. The van der Waals surface area contributed by atoms with E-state index in [9.17, 15) is 5.11 Å². The summed E-state index contributed by atoms with van der Waals surface area (Å²) in [6, 6.07) is 14.2. The van der Waals surface area contributed by atoms with Crippen LogP contribution in [0.1, 0.15) is 27.8 Å². The summed E-state index contributed by atoms with van der Waals surface area (Å²) in [7, 11) is 1.73. The van der Waals surface area contributed by atoms with Crippen LogP contribution in [0.25, 0.3) is 0 Å². The number of thiophene rings is 1. The molecule has 0 spiro atoms. The number of aryl methyl sites for hydroxylation is 1. The Morgan fingerprint density at radius 1 is 1.18 bits per heavy atom. The highest BCUT2D eigenvalue weighted by atomic mass is 32.1. The first-order valence-corrected chi connectivity index (χ1v) is 8.50. The molecule has 4 heteroatoms. The maximum atomic E-state index is 10.5. The molecule has 1 N–H and O–H groups in total. The number of hydrogen-bond acceptors (Lipinski definition) is 4. The number of methoxy groups -OCH3 is 1. The van der Waals surface area contributed by atoms with Crippen LogP contribution in [-0.4, -0.2) is 36.8 Å². The molecule has 0 saturated heterocycles. The molecular weight excluding hydrogens is 294 g/mol. The molecule has 1 aromatic carbocycles. The number of ether oxygens (including phenoxy) is 1. The van der Waals surface area contributed by atoms with Crippen LogP contribution in [0.2, 0.25) is 0 Å². The third-order valence-corrected chi connectivity index (χ3v) is 4.60. The van der Waals surface area contributed by atoms with E-state index in [1.807, 2.05) is 41.7 Å². The van der Waals surface area contributed by atoms with E-state index in [4.69, 9.17) is 4.74 Å². The molecule has 1 atom stereocenters. The van der Waals surface area contributed by atoms with E-state index in [2.05, 4.69) is 24.0 Å². The van der Waals surface area contributed by atoms with Gasteiger partial charge in [0, 0.05) is 43.1 Å². The van der Waals surface area contributed by atoms with Crippen molar-refractivity contribution in [1.82, 2.24) is 4.90 Å². The fourth-order valence-corrected chi connectivity index (χ4v) is 3.42. The third kappa shape index (κ3) is 5.54. The third-order valence-electron chi connectivity index (χ3n) is 3.61. The number of aliphatic hydroxyl groups is 1. The highest BCUT2D eigenvalue weighted by Gasteiger charge is 2.14. The van der Waals surface area contributed by atoms with Crippen LogP contribution in [0.3, 0.4) is 0 Å². The monoisotopic (exact) mass is 319 g/mol. The van der Waals surface area contributed by atoms with Gasteiger partial charge >= 0.3 is 0 Å². The maximum absolute atomic E-state index is 10.5. The molecule has 0 fully saturated rings. The van der Waals surface area contributed by atoms with Gasteiger partial charge in [-0.1, -0.05) is 30.3 Å². The summed E-state index contributed by atoms with van der Waals surface area (Å²) in [5, 5.41) is 10.5. The van der Waals surface area contributed by atoms with E-state index >= 15 is 0 Å². The van der Waals surface area contributed by atoms with E-state index in [1.165, 1.54) is 9.75 Å². The number of rotatable bonds is 9. The molecule has 0 aliphatic heterocycles. The summed E-state index contributed by atoms with van der Waals surface area (Å²) in [5.74, 6) is 0. The van der Waals surface area contributed by atoms with Crippen molar-refractivity contribution in [3.63, 3.8) is 0 Å². The lowest BCUT2D eigenvalue weighted by Gasteiger charge is -2.24. The maximum Gasteiger partial charge on any atom is 0.0917 e. The number of nitrogens with zero attached hydrogens (tertiary/aromatic N) is 1. The van der Waals surface area contributed by atoms with Crippen molar-refractivity contribution in [3.8, 4) is 0 Å². The molecule has 2 aromatic rings. The summed E-state index contributed by atoms with van der Waals surface area (Å²) < 4.78 is 5.15. The molecule has 1 unspecified atom stereocenters. The first-order chi connectivity index (χ1) is 10.7. The predicted molar refractivity (Wildman–Crippen MR) is 92.2 cm³/mol. The highest BCUT2D eigenvalue weighted by Crippen LogP contribution is 2.20. The van der Waals surface area contributed by atoms with E-state index in [1.54, 1.807) is 7.11 Å². The summed E-state index contributed by atoms with van der Waals surface area (Å²) in [6.45, 7) is 5.33. The standard InChI is InChI=1S/C18H25NO2S/c1-15-9-10-17(22-15)13-19(11-6-12-21-2)14-18(20)16-7-4-3-5-8-16/h3-5,7-10,18,20H,6,11-14H2,1-2H3. The Morgan fingerprint density at radius 2 is 1.95 bits per heavy atom. The second kappa shape index (κ2) is 9.06. The summed E-state index contributed by atoms with van der Waals surface area (Å²) in [5.41, 5.74) is 0.974. The minimum Gasteiger partial charge on any atom is -0.387 e. The molecule has 0 bridgehead atoms. The van der Waals surface area contributed by atoms with E-state index in [0.29, 0.717) is 6.54 Å². The lowest BCUT2D eigenvalue weighted by atomic mass is 10.1. The first kappa shape index (κ1) is 17.2. The molecule has 0 radical (unpaired) electrons. The van der Waals surface area contributed by atoms with Crippen LogP contribution < -0.4 is 0 Å². The fourth-order valence-electron chi connectivity index (χ4n) is 2.48. The lowest BCUT2D eigenvalue weighted by Crippen LogP contribution is -2.29. The van der Waals surface area contributed by atoms with Crippen molar-refractivity contribution in [3.05, 3.63) is 57.8 Å². The molecule has 3 nitrogen and oxygen atoms in total. The Hall–Kier alpha value is -1.20. The minimum atomic E-state index is -0.454. The van der Waals surface area contributed by atoms with Crippen molar-refractivity contribution in [2.75, 3.05) is 26.8 Å². The molecular formula is C18H25NO2S. The quantitative estimate of drug-likeness (QED) is 0.717. The van der Waals surface area contributed by atoms with Gasteiger partial charge in [0.05, 0.1) is 6.10 Å². The zero-order valence-electron chi connectivity index (χ0n) is 13.4. The lowest BCUT2D eigenvalue weighted by molar-refractivity contribution is 0.100. The largest absolute Gasteiger partial charge is 0.387 e. The van der Waals surface area contributed by atoms with Gasteiger partial charge in [-0.25, -0.2) is 0 Å². The Bertz CT molecular complexity index is 541. The smallest absolute Gasteiger partial charge is 0.0917 e. The Balaban J connectivity index is 1.97. The fraction of sp³-hybridized carbons (Fsp3) is 0.444. The molecule has 1 heterocycles. The molecule has 0 saturated carbocycles. The summed E-state index contributed by atoms with van der Waals surface area (Å²) in [6.07, 6.45) is 0.521. The summed E-state index contributed by atoms with van der Waals surface area (Å²) >= 11 is 1.82. The van der Waals surface area contributed by atoms with Crippen LogP contribution in [0, 0.1) is 6.92 Å². The Kier molecular flexibility index (Phi) is 7.06. The predicted octanol–water partition coefficient (Wildman–Crippen LogP) is 3.63. The van der Waals surface area contributed by atoms with Gasteiger partial charge in [-0.05, 0) is 31.0 Å². The highest BCUT2D eigenvalue weighted by molar-refractivity contribution is 7.11. The number of benzene rings is 1. The van der Waals surface area contributed by atoms with E-state index < -0.39 is 6.10 Å². The van der Waals surface area contributed by atoms with Crippen molar-refractivity contribution in [1.29, 1.82) is 0 Å². The zero-order chi connectivity index (χ0) is 15.8. The van der Waals surface area contributed by atoms with Crippen LogP contribution in [-0.2, 0) is 11.3 Å². The van der Waals surface area contributed by atoms with Gasteiger partial charge in [-0.2, -0.15) is 0 Å². The van der Waals surface area contributed by atoms with Gasteiger partial charge in [0.2, 0.25) is 0 Å². The molecule has 120 valence electrons. The van der Waals surface area contributed by atoms with Crippen molar-refractivity contribution in [2.45, 2.75) is 26.0 Å². The SMILES string of the molecule is COCCCN(Cc1ccc(C)s1)CC(O)c1ccccc1. The minimum absolute atomic E-state index is 0.454. The molecule has 22 heavy (non-hydrogen) atoms. The molecule has 1 aromatic heterocycles. The van der Waals surface area contributed by atoms with E-state index in [-0.39, 0.29) is 0 Å². The van der Waals surface area contributed by atoms with Gasteiger partial charge in [-0.15, -0.1) is 11.3 Å². The second-order valence-electron chi connectivity index (χ2n) is 5.52. The molecule has 2 rings (SSSR count). The Labute approximate surface area is 137 Å². The molecule has 0 aliphatic rings. The topological polar surface area (TPSA) is 32.7 Å². The first-order valence-electron chi connectivity index (χ1n) is 7.68. The zero-order valence-corrected chi connectivity index (χ0v) is 14.2. The second-order valence-corrected chi connectivity index (χ2v) is 6.89. The van der Waals surface area contributed by atoms with Gasteiger partial charge < -0.3 is 9.84 Å². The van der Waals surface area contributed by atoms with Crippen molar-refractivity contribution >= 4 is 11.3 Å². The normalized spacial score (nSPS) is 12.7. The number of hydrogen-bond donors (Lipinski definition) is 1. The summed E-state index contributed by atoms with van der Waals surface area (Å²) in [4.78, 5) is 4.98. The van der Waals surface area contributed by atoms with E-state index in [0.717, 1.165) is 31.7 Å². The van der Waals surface area contributed by atoms with Gasteiger partial charge in [0.25, 0.3) is 0 Å². The van der Waals surface area contributed by atoms with Crippen molar-refractivity contribution in [2.24, 2.45) is 0 Å². The Morgan fingerprint density at radius 3 is 2.59 bits per heavy atom. The number of aliphatic hydroxyl groups excluding tert-OH is 1. The van der Waals surface area contributed by atoms with Crippen LogP contribution in [0.15, 0.2) is 42.5 Å². The van der Waals surface area contributed by atoms with Crippen molar-refractivity contribution < 1.29 is 9.84 Å². The molecule has 0 aliphatic carbocycles. The van der Waals surface area contributed by atoms with Crippen LogP contribution in [0.5, 0.6) is 0 Å². The average Bonchev–Trinajstić information content (AvgIpc) is 2.93. The van der Waals surface area contributed by atoms with Crippen LogP contribution >= 0.6 is 11.3 Å².